The minimum Gasteiger partial charge on any atom is -0.341 e. The summed E-state index contributed by atoms with van der Waals surface area (Å²) in [4.78, 5) is 14.4. The third kappa shape index (κ3) is 2.99. The van der Waals surface area contributed by atoms with Crippen LogP contribution in [0.2, 0.25) is 0 Å². The molecule has 0 N–H and O–H groups in total. The molecule has 20 heavy (non-hydrogen) atoms. The molecule has 0 radical (unpaired) electrons. The standard InChI is InChI=1S/C13H25N3O3S/c1-11-6-9-15(10-7-11)13(17)12-5-4-8-16(12)20(18,19)14(2)3/h11-12H,4-10H2,1-3H3/t12-/m0/s1. The van der Waals surface area contributed by atoms with Crippen LogP contribution in [-0.2, 0) is 15.0 Å². The van der Waals surface area contributed by atoms with Crippen molar-refractivity contribution in [1.82, 2.24) is 13.5 Å². The summed E-state index contributed by atoms with van der Waals surface area (Å²) in [6.45, 7) is 4.15. The molecule has 0 saturated carbocycles. The summed E-state index contributed by atoms with van der Waals surface area (Å²) in [7, 11) is -0.478. The number of amides is 1. The predicted molar refractivity (Wildman–Crippen MR) is 77.3 cm³/mol. The van der Waals surface area contributed by atoms with Gasteiger partial charge in [0.25, 0.3) is 10.2 Å². The Morgan fingerprint density at radius 2 is 1.70 bits per heavy atom. The highest BCUT2D eigenvalue weighted by Crippen LogP contribution is 2.26. The Labute approximate surface area is 121 Å². The van der Waals surface area contributed by atoms with E-state index in [1.165, 1.54) is 22.7 Å². The average Bonchev–Trinajstić information content (AvgIpc) is 2.88. The van der Waals surface area contributed by atoms with Crippen LogP contribution in [0.25, 0.3) is 0 Å². The Kier molecular flexibility index (Phi) is 4.71. The van der Waals surface area contributed by atoms with Gasteiger partial charge in [0.05, 0.1) is 0 Å². The molecule has 0 aromatic carbocycles. The van der Waals surface area contributed by atoms with Gasteiger partial charge in [-0.2, -0.15) is 17.0 Å². The Morgan fingerprint density at radius 1 is 1.10 bits per heavy atom. The van der Waals surface area contributed by atoms with Gasteiger partial charge in [0, 0.05) is 33.7 Å². The first-order valence-electron chi connectivity index (χ1n) is 7.32. The van der Waals surface area contributed by atoms with Crippen molar-refractivity contribution in [2.75, 3.05) is 33.7 Å². The van der Waals surface area contributed by atoms with Crippen LogP contribution in [0.3, 0.4) is 0 Å². The number of rotatable bonds is 3. The largest absolute Gasteiger partial charge is 0.341 e. The van der Waals surface area contributed by atoms with Crippen LogP contribution >= 0.6 is 0 Å². The van der Waals surface area contributed by atoms with Gasteiger partial charge in [0.2, 0.25) is 5.91 Å². The van der Waals surface area contributed by atoms with E-state index < -0.39 is 16.3 Å². The van der Waals surface area contributed by atoms with Crippen LogP contribution in [0.1, 0.15) is 32.6 Å². The highest BCUT2D eigenvalue weighted by Gasteiger charge is 2.41. The van der Waals surface area contributed by atoms with Crippen LogP contribution in [0.5, 0.6) is 0 Å². The van der Waals surface area contributed by atoms with Gasteiger partial charge in [-0.15, -0.1) is 0 Å². The molecule has 2 aliphatic rings. The van der Waals surface area contributed by atoms with E-state index in [0.717, 1.165) is 32.4 Å². The zero-order chi connectivity index (χ0) is 14.9. The molecule has 2 aliphatic heterocycles. The molecule has 2 fully saturated rings. The molecule has 7 heteroatoms. The second-order valence-corrected chi connectivity index (χ2v) is 8.16. The fourth-order valence-corrected chi connectivity index (χ4v) is 4.21. The summed E-state index contributed by atoms with van der Waals surface area (Å²) in [5.41, 5.74) is 0. The van der Waals surface area contributed by atoms with Crippen LogP contribution in [0.15, 0.2) is 0 Å². The third-order valence-electron chi connectivity index (χ3n) is 4.34. The monoisotopic (exact) mass is 303 g/mol. The fraction of sp³-hybridized carbons (Fsp3) is 0.923. The summed E-state index contributed by atoms with van der Waals surface area (Å²) >= 11 is 0. The third-order valence-corrected chi connectivity index (χ3v) is 6.29. The fourth-order valence-electron chi connectivity index (χ4n) is 2.91. The molecule has 116 valence electrons. The number of likely N-dealkylation sites (tertiary alicyclic amines) is 1. The molecule has 0 aromatic heterocycles. The summed E-state index contributed by atoms with van der Waals surface area (Å²) < 4.78 is 27.1. The number of nitrogens with zero attached hydrogens (tertiary/aromatic N) is 3. The van der Waals surface area contributed by atoms with E-state index in [9.17, 15) is 13.2 Å². The molecule has 0 spiro atoms. The van der Waals surface area contributed by atoms with E-state index in [-0.39, 0.29) is 5.91 Å². The highest BCUT2D eigenvalue weighted by atomic mass is 32.2. The topological polar surface area (TPSA) is 60.9 Å². The minimum atomic E-state index is -3.50. The van der Waals surface area contributed by atoms with Gasteiger partial charge in [-0.3, -0.25) is 4.79 Å². The summed E-state index contributed by atoms with van der Waals surface area (Å²) in [6.07, 6.45) is 3.42. The second-order valence-electron chi connectivity index (χ2n) is 6.07. The second kappa shape index (κ2) is 5.99. The molecule has 1 amide bonds. The average molecular weight is 303 g/mol. The quantitative estimate of drug-likeness (QED) is 0.763. The van der Waals surface area contributed by atoms with Crippen molar-refractivity contribution in [3.63, 3.8) is 0 Å². The first-order valence-corrected chi connectivity index (χ1v) is 8.72. The lowest BCUT2D eigenvalue weighted by Crippen LogP contribution is -2.52. The van der Waals surface area contributed by atoms with Gasteiger partial charge in [0.15, 0.2) is 0 Å². The maximum Gasteiger partial charge on any atom is 0.282 e. The molecule has 0 unspecified atom stereocenters. The lowest BCUT2D eigenvalue weighted by Gasteiger charge is -2.34. The van der Waals surface area contributed by atoms with Crippen LogP contribution in [0, 0.1) is 5.92 Å². The van der Waals surface area contributed by atoms with E-state index in [2.05, 4.69) is 6.92 Å². The Balaban J connectivity index is 2.09. The van der Waals surface area contributed by atoms with Crippen LogP contribution in [0.4, 0.5) is 0 Å². The van der Waals surface area contributed by atoms with Gasteiger partial charge < -0.3 is 4.90 Å². The molecular formula is C13H25N3O3S. The van der Waals surface area contributed by atoms with Crippen molar-refractivity contribution in [1.29, 1.82) is 0 Å². The molecule has 2 rings (SSSR count). The predicted octanol–water partition coefficient (Wildman–Crippen LogP) is 0.516. The Morgan fingerprint density at radius 3 is 2.25 bits per heavy atom. The maximum absolute atomic E-state index is 12.6. The van der Waals surface area contributed by atoms with E-state index in [1.54, 1.807) is 0 Å². The maximum atomic E-state index is 12.6. The van der Waals surface area contributed by atoms with Crippen molar-refractivity contribution in [3.8, 4) is 0 Å². The van der Waals surface area contributed by atoms with Crippen LogP contribution in [-0.4, -0.2) is 67.6 Å². The van der Waals surface area contributed by atoms with Crippen molar-refractivity contribution >= 4 is 16.1 Å². The van der Waals surface area contributed by atoms with Crippen molar-refractivity contribution in [2.24, 2.45) is 5.92 Å². The van der Waals surface area contributed by atoms with E-state index in [1.807, 2.05) is 4.90 Å². The molecule has 6 nitrogen and oxygen atoms in total. The summed E-state index contributed by atoms with van der Waals surface area (Å²) in [5.74, 6) is 0.643. The molecule has 0 bridgehead atoms. The summed E-state index contributed by atoms with van der Waals surface area (Å²) in [5, 5.41) is 0. The van der Waals surface area contributed by atoms with Crippen molar-refractivity contribution < 1.29 is 13.2 Å². The molecule has 0 aliphatic carbocycles. The zero-order valence-electron chi connectivity index (χ0n) is 12.6. The normalized spacial score (nSPS) is 26.4. The van der Waals surface area contributed by atoms with Gasteiger partial charge >= 0.3 is 0 Å². The van der Waals surface area contributed by atoms with Crippen LogP contribution < -0.4 is 0 Å². The SMILES string of the molecule is CC1CCN(C(=O)[C@@H]2CCCN2S(=O)(=O)N(C)C)CC1. The Bertz CT molecular complexity index is 455. The Hall–Kier alpha value is -0.660. The number of hydrogen-bond donors (Lipinski definition) is 0. The van der Waals surface area contributed by atoms with Gasteiger partial charge in [-0.1, -0.05) is 6.92 Å². The lowest BCUT2D eigenvalue weighted by atomic mass is 9.98. The molecule has 2 heterocycles. The van der Waals surface area contributed by atoms with Gasteiger partial charge in [0.1, 0.15) is 6.04 Å². The summed E-state index contributed by atoms with van der Waals surface area (Å²) in [6, 6.07) is -0.504. The first-order chi connectivity index (χ1) is 9.34. The van der Waals surface area contributed by atoms with Crippen molar-refractivity contribution in [3.05, 3.63) is 0 Å². The van der Waals surface area contributed by atoms with E-state index in [0.29, 0.717) is 18.9 Å². The first kappa shape index (κ1) is 15.7. The van der Waals surface area contributed by atoms with E-state index >= 15 is 0 Å². The minimum absolute atomic E-state index is 0.0141. The smallest absolute Gasteiger partial charge is 0.282 e. The number of hydrogen-bond acceptors (Lipinski definition) is 3. The highest BCUT2D eigenvalue weighted by molar-refractivity contribution is 7.86. The number of piperidine rings is 1. The zero-order valence-corrected chi connectivity index (χ0v) is 13.4. The molecule has 1 atom stereocenters. The lowest BCUT2D eigenvalue weighted by molar-refractivity contribution is -0.136. The molecular weight excluding hydrogens is 278 g/mol. The van der Waals surface area contributed by atoms with Gasteiger partial charge in [-0.25, -0.2) is 0 Å². The molecule has 2 saturated heterocycles. The number of carbonyl (C=O) groups is 1. The number of carbonyl (C=O) groups excluding carboxylic acids is 1. The van der Waals surface area contributed by atoms with Gasteiger partial charge in [-0.05, 0) is 31.6 Å². The van der Waals surface area contributed by atoms with Crippen molar-refractivity contribution in [2.45, 2.75) is 38.6 Å². The van der Waals surface area contributed by atoms with E-state index in [4.69, 9.17) is 0 Å². The molecule has 0 aromatic rings.